The van der Waals surface area contributed by atoms with Crippen molar-refractivity contribution in [1.82, 2.24) is 0 Å². The molecule has 2 heteroatoms. The van der Waals surface area contributed by atoms with E-state index in [-0.39, 0.29) is 6.10 Å². The molecule has 0 radical (unpaired) electrons. The topological polar surface area (TPSA) is 20.2 Å². The molecule has 0 bridgehead atoms. The zero-order chi connectivity index (χ0) is 12.8. The number of aliphatic hydroxyl groups excluding tert-OH is 1. The maximum atomic E-state index is 10.4. The average Bonchev–Trinajstić information content (AvgIpc) is 2.40. The smallest absolute Gasteiger partial charge is 0.0792 e. The van der Waals surface area contributed by atoms with Crippen LogP contribution in [-0.4, -0.2) is 16.6 Å². The highest BCUT2D eigenvalue weighted by Gasteiger charge is 2.18. The SMILES string of the molecule is CCCc1cccc(C(O)CC2CCSCC2)c1. The third-order valence-electron chi connectivity index (χ3n) is 3.77. The van der Waals surface area contributed by atoms with Crippen LogP contribution in [0, 0.1) is 5.92 Å². The molecule has 1 saturated heterocycles. The number of hydrogen-bond donors (Lipinski definition) is 1. The van der Waals surface area contributed by atoms with Gasteiger partial charge in [-0.3, -0.25) is 0 Å². The molecule has 1 unspecified atom stereocenters. The standard InChI is InChI=1S/C16H24OS/c1-2-4-13-5-3-6-15(11-13)16(17)12-14-7-9-18-10-8-14/h3,5-6,11,14,16-17H,2,4,7-10,12H2,1H3. The Morgan fingerprint density at radius 3 is 2.83 bits per heavy atom. The minimum atomic E-state index is -0.269. The van der Waals surface area contributed by atoms with Crippen LogP contribution in [0.4, 0.5) is 0 Å². The molecular weight excluding hydrogens is 240 g/mol. The van der Waals surface area contributed by atoms with Crippen molar-refractivity contribution >= 4 is 11.8 Å². The molecule has 1 aliphatic heterocycles. The van der Waals surface area contributed by atoms with Crippen LogP contribution < -0.4 is 0 Å². The van der Waals surface area contributed by atoms with Gasteiger partial charge < -0.3 is 5.11 Å². The van der Waals surface area contributed by atoms with E-state index in [9.17, 15) is 5.11 Å². The number of benzene rings is 1. The first-order valence-electron chi connectivity index (χ1n) is 7.14. The predicted octanol–water partition coefficient (Wildman–Crippen LogP) is 4.21. The van der Waals surface area contributed by atoms with E-state index in [0.717, 1.165) is 24.3 Å². The molecule has 0 aromatic heterocycles. The van der Waals surface area contributed by atoms with Gasteiger partial charge in [0.05, 0.1) is 6.10 Å². The van der Waals surface area contributed by atoms with Crippen molar-refractivity contribution in [3.8, 4) is 0 Å². The zero-order valence-corrected chi connectivity index (χ0v) is 12.1. The van der Waals surface area contributed by atoms with Gasteiger partial charge in [-0.2, -0.15) is 11.8 Å². The second-order valence-electron chi connectivity index (χ2n) is 5.30. The molecule has 1 heterocycles. The fourth-order valence-electron chi connectivity index (χ4n) is 2.68. The molecule has 2 rings (SSSR count). The number of hydrogen-bond acceptors (Lipinski definition) is 2. The molecule has 1 aliphatic rings. The van der Waals surface area contributed by atoms with Crippen molar-refractivity contribution in [3.63, 3.8) is 0 Å². The number of thioether (sulfide) groups is 1. The monoisotopic (exact) mass is 264 g/mol. The largest absolute Gasteiger partial charge is 0.388 e. The van der Waals surface area contributed by atoms with Gasteiger partial charge >= 0.3 is 0 Å². The second-order valence-corrected chi connectivity index (χ2v) is 6.53. The third-order valence-corrected chi connectivity index (χ3v) is 4.82. The lowest BCUT2D eigenvalue weighted by Gasteiger charge is -2.24. The number of aryl methyl sites for hydroxylation is 1. The molecule has 18 heavy (non-hydrogen) atoms. The summed E-state index contributed by atoms with van der Waals surface area (Å²) in [5.74, 6) is 3.26. The minimum Gasteiger partial charge on any atom is -0.388 e. The summed E-state index contributed by atoms with van der Waals surface area (Å²) in [4.78, 5) is 0. The normalized spacial score (nSPS) is 18.8. The van der Waals surface area contributed by atoms with E-state index in [1.807, 2.05) is 11.8 Å². The van der Waals surface area contributed by atoms with Crippen molar-refractivity contribution in [2.75, 3.05) is 11.5 Å². The Labute approximate surface area is 115 Å². The summed E-state index contributed by atoms with van der Waals surface area (Å²) in [6, 6.07) is 8.50. The lowest BCUT2D eigenvalue weighted by atomic mass is 9.91. The van der Waals surface area contributed by atoms with Crippen LogP contribution in [0.15, 0.2) is 24.3 Å². The van der Waals surface area contributed by atoms with Gasteiger partial charge in [0.15, 0.2) is 0 Å². The highest BCUT2D eigenvalue weighted by Crippen LogP contribution is 2.31. The van der Waals surface area contributed by atoms with Gasteiger partial charge in [-0.15, -0.1) is 0 Å². The van der Waals surface area contributed by atoms with Crippen LogP contribution >= 0.6 is 11.8 Å². The van der Waals surface area contributed by atoms with Crippen molar-refractivity contribution < 1.29 is 5.11 Å². The third kappa shape index (κ3) is 4.03. The Kier molecular flexibility index (Phi) is 5.58. The first-order valence-corrected chi connectivity index (χ1v) is 8.29. The molecule has 0 amide bonds. The van der Waals surface area contributed by atoms with Gasteiger partial charge in [0.1, 0.15) is 0 Å². The van der Waals surface area contributed by atoms with Gasteiger partial charge in [0, 0.05) is 0 Å². The number of rotatable bonds is 5. The summed E-state index contributed by atoms with van der Waals surface area (Å²) in [6.07, 6.45) is 5.50. The Bertz CT molecular complexity index is 358. The van der Waals surface area contributed by atoms with E-state index in [2.05, 4.69) is 31.2 Å². The molecule has 1 N–H and O–H groups in total. The van der Waals surface area contributed by atoms with Gasteiger partial charge in [0.2, 0.25) is 0 Å². The Morgan fingerprint density at radius 1 is 1.33 bits per heavy atom. The van der Waals surface area contributed by atoms with E-state index in [1.165, 1.54) is 36.3 Å². The molecule has 1 fully saturated rings. The van der Waals surface area contributed by atoms with Crippen LogP contribution in [0.2, 0.25) is 0 Å². The fourth-order valence-corrected chi connectivity index (χ4v) is 3.88. The Balaban J connectivity index is 1.94. The maximum absolute atomic E-state index is 10.4. The van der Waals surface area contributed by atoms with Crippen LogP contribution in [-0.2, 0) is 6.42 Å². The molecule has 1 aromatic rings. The summed E-state index contributed by atoms with van der Waals surface area (Å²) in [5, 5.41) is 10.4. The van der Waals surface area contributed by atoms with Crippen LogP contribution in [0.3, 0.4) is 0 Å². The zero-order valence-electron chi connectivity index (χ0n) is 11.3. The van der Waals surface area contributed by atoms with Crippen molar-refractivity contribution in [1.29, 1.82) is 0 Å². The first-order chi connectivity index (χ1) is 8.79. The summed E-state index contributed by atoms with van der Waals surface area (Å²) in [7, 11) is 0. The van der Waals surface area contributed by atoms with Crippen LogP contribution in [0.25, 0.3) is 0 Å². The summed E-state index contributed by atoms with van der Waals surface area (Å²) in [6.45, 7) is 2.20. The molecule has 0 aliphatic carbocycles. The van der Waals surface area contributed by atoms with Crippen molar-refractivity contribution in [3.05, 3.63) is 35.4 Å². The molecule has 1 atom stereocenters. The summed E-state index contributed by atoms with van der Waals surface area (Å²) >= 11 is 2.05. The quantitative estimate of drug-likeness (QED) is 0.860. The molecular formula is C16H24OS. The van der Waals surface area contributed by atoms with Gasteiger partial charge in [-0.05, 0) is 54.2 Å². The summed E-state index contributed by atoms with van der Waals surface area (Å²) in [5.41, 5.74) is 2.47. The van der Waals surface area contributed by atoms with E-state index in [4.69, 9.17) is 0 Å². The van der Waals surface area contributed by atoms with Crippen LogP contribution in [0.1, 0.15) is 49.8 Å². The second kappa shape index (κ2) is 7.20. The van der Waals surface area contributed by atoms with Crippen LogP contribution in [0.5, 0.6) is 0 Å². The average molecular weight is 264 g/mol. The summed E-state index contributed by atoms with van der Waals surface area (Å²) < 4.78 is 0. The minimum absolute atomic E-state index is 0.269. The molecule has 100 valence electrons. The van der Waals surface area contributed by atoms with Gasteiger partial charge in [-0.1, -0.05) is 37.6 Å². The molecule has 1 aromatic carbocycles. The van der Waals surface area contributed by atoms with Crippen molar-refractivity contribution in [2.24, 2.45) is 5.92 Å². The molecule has 0 spiro atoms. The number of aliphatic hydroxyl groups is 1. The van der Waals surface area contributed by atoms with Crippen molar-refractivity contribution in [2.45, 2.75) is 45.1 Å². The van der Waals surface area contributed by atoms with E-state index in [1.54, 1.807) is 0 Å². The molecule has 0 saturated carbocycles. The lowest BCUT2D eigenvalue weighted by Crippen LogP contribution is -2.13. The lowest BCUT2D eigenvalue weighted by molar-refractivity contribution is 0.141. The Morgan fingerprint density at radius 2 is 2.11 bits per heavy atom. The van der Waals surface area contributed by atoms with E-state index in [0.29, 0.717) is 0 Å². The Hall–Kier alpha value is -0.470. The maximum Gasteiger partial charge on any atom is 0.0792 e. The predicted molar refractivity (Wildman–Crippen MR) is 80.1 cm³/mol. The van der Waals surface area contributed by atoms with Gasteiger partial charge in [0.25, 0.3) is 0 Å². The molecule has 1 nitrogen and oxygen atoms in total. The highest BCUT2D eigenvalue weighted by molar-refractivity contribution is 7.99. The van der Waals surface area contributed by atoms with E-state index >= 15 is 0 Å². The fraction of sp³-hybridized carbons (Fsp3) is 0.625. The highest BCUT2D eigenvalue weighted by atomic mass is 32.2. The van der Waals surface area contributed by atoms with Gasteiger partial charge in [-0.25, -0.2) is 0 Å². The first kappa shape index (κ1) is 14.0. The van der Waals surface area contributed by atoms with E-state index < -0.39 is 0 Å².